The summed E-state index contributed by atoms with van der Waals surface area (Å²) in [7, 11) is -1.56. The molecule has 9 nitrogen and oxygen atoms in total. The Hall–Kier alpha value is -1.52. The average molecular weight is 386 g/mol. The minimum atomic E-state index is -3.17. The number of fused-ring (bicyclic) bond motifs is 1. The molecule has 0 unspecified atom stereocenters. The molecule has 0 aromatic carbocycles. The van der Waals surface area contributed by atoms with Crippen LogP contribution in [0.2, 0.25) is 0 Å². The van der Waals surface area contributed by atoms with Crippen molar-refractivity contribution in [2.75, 3.05) is 38.3 Å². The summed E-state index contributed by atoms with van der Waals surface area (Å²) in [5, 5.41) is 3.92. The minimum absolute atomic E-state index is 0.0105. The SMILES string of the molecule is COCCc1noc(CN2CCN(C(=O)C(C)C)[C@H]3CS(=O)(=O)C[C@H]32)n1. The molecule has 2 aliphatic heterocycles. The molecule has 0 radical (unpaired) electrons. The van der Waals surface area contributed by atoms with Gasteiger partial charge < -0.3 is 14.2 Å². The quantitative estimate of drug-likeness (QED) is 0.657. The zero-order valence-corrected chi connectivity index (χ0v) is 16.2. The lowest BCUT2D eigenvalue weighted by molar-refractivity contribution is -0.140. The number of hydrogen-bond acceptors (Lipinski definition) is 8. The largest absolute Gasteiger partial charge is 0.384 e. The zero-order chi connectivity index (χ0) is 18.9. The number of aromatic nitrogens is 2. The van der Waals surface area contributed by atoms with E-state index in [-0.39, 0.29) is 35.4 Å². The maximum atomic E-state index is 12.5. The molecule has 1 amide bonds. The van der Waals surface area contributed by atoms with Crippen LogP contribution in [-0.2, 0) is 32.3 Å². The third kappa shape index (κ3) is 4.07. The molecule has 2 fully saturated rings. The van der Waals surface area contributed by atoms with Crippen LogP contribution in [0.4, 0.5) is 0 Å². The molecule has 2 aliphatic rings. The molecule has 0 aliphatic carbocycles. The number of nitrogens with zero attached hydrogens (tertiary/aromatic N) is 4. The maximum absolute atomic E-state index is 12.5. The molecule has 2 atom stereocenters. The van der Waals surface area contributed by atoms with Crippen LogP contribution in [0, 0.1) is 5.92 Å². The van der Waals surface area contributed by atoms with E-state index in [1.807, 2.05) is 18.7 Å². The lowest BCUT2D eigenvalue weighted by Crippen LogP contribution is -2.60. The highest BCUT2D eigenvalue weighted by Crippen LogP contribution is 2.29. The highest BCUT2D eigenvalue weighted by Gasteiger charge is 2.48. The first-order valence-electron chi connectivity index (χ1n) is 8.86. The molecule has 10 heteroatoms. The van der Waals surface area contributed by atoms with Gasteiger partial charge >= 0.3 is 0 Å². The highest BCUT2D eigenvalue weighted by molar-refractivity contribution is 7.91. The monoisotopic (exact) mass is 386 g/mol. The van der Waals surface area contributed by atoms with Gasteiger partial charge in [-0.3, -0.25) is 9.69 Å². The fourth-order valence-corrected chi connectivity index (χ4v) is 5.66. The smallest absolute Gasteiger partial charge is 0.240 e. The lowest BCUT2D eigenvalue weighted by Gasteiger charge is -2.44. The Morgan fingerprint density at radius 3 is 2.73 bits per heavy atom. The number of piperazine rings is 1. The van der Waals surface area contributed by atoms with E-state index in [9.17, 15) is 13.2 Å². The number of sulfone groups is 1. The van der Waals surface area contributed by atoms with Crippen LogP contribution in [0.5, 0.6) is 0 Å². The van der Waals surface area contributed by atoms with E-state index in [0.29, 0.717) is 44.4 Å². The van der Waals surface area contributed by atoms with Gasteiger partial charge in [-0.2, -0.15) is 4.98 Å². The molecule has 2 saturated heterocycles. The first-order valence-corrected chi connectivity index (χ1v) is 10.7. The number of hydrogen-bond donors (Lipinski definition) is 0. The molecule has 3 heterocycles. The second-order valence-electron chi connectivity index (χ2n) is 7.22. The van der Waals surface area contributed by atoms with Gasteiger partial charge in [0.25, 0.3) is 0 Å². The van der Waals surface area contributed by atoms with Crippen LogP contribution in [0.15, 0.2) is 4.52 Å². The van der Waals surface area contributed by atoms with E-state index < -0.39 is 9.84 Å². The number of carbonyl (C=O) groups is 1. The van der Waals surface area contributed by atoms with E-state index in [1.165, 1.54) is 0 Å². The maximum Gasteiger partial charge on any atom is 0.240 e. The molecule has 3 rings (SSSR count). The Balaban J connectivity index is 1.73. The molecule has 0 bridgehead atoms. The normalized spacial score (nSPS) is 25.6. The fraction of sp³-hybridized carbons (Fsp3) is 0.812. The van der Waals surface area contributed by atoms with Crippen molar-refractivity contribution in [2.24, 2.45) is 5.92 Å². The van der Waals surface area contributed by atoms with Crippen molar-refractivity contribution in [3.8, 4) is 0 Å². The average Bonchev–Trinajstić information content (AvgIpc) is 3.15. The van der Waals surface area contributed by atoms with Crippen molar-refractivity contribution in [1.29, 1.82) is 0 Å². The number of methoxy groups -OCH3 is 1. The summed E-state index contributed by atoms with van der Waals surface area (Å²) in [4.78, 5) is 20.6. The van der Waals surface area contributed by atoms with Crippen LogP contribution in [-0.4, -0.2) is 84.7 Å². The number of ether oxygens (including phenoxy) is 1. The zero-order valence-electron chi connectivity index (χ0n) is 15.4. The third-order valence-corrected chi connectivity index (χ3v) is 6.65. The lowest BCUT2D eigenvalue weighted by atomic mass is 10.0. The topological polar surface area (TPSA) is 106 Å². The predicted molar refractivity (Wildman–Crippen MR) is 93.1 cm³/mol. The van der Waals surface area contributed by atoms with E-state index in [0.717, 1.165) is 0 Å². The summed E-state index contributed by atoms with van der Waals surface area (Å²) in [6, 6.07) is -0.537. The minimum Gasteiger partial charge on any atom is -0.384 e. The Morgan fingerprint density at radius 1 is 1.31 bits per heavy atom. The second kappa shape index (κ2) is 7.61. The molecule has 0 N–H and O–H groups in total. The van der Waals surface area contributed by atoms with Crippen LogP contribution >= 0.6 is 0 Å². The van der Waals surface area contributed by atoms with Crippen molar-refractivity contribution in [3.05, 3.63) is 11.7 Å². The molecule has 146 valence electrons. The van der Waals surface area contributed by atoms with E-state index in [1.54, 1.807) is 12.0 Å². The molecule has 1 aromatic heterocycles. The summed E-state index contributed by atoms with van der Waals surface area (Å²) in [6.07, 6.45) is 0.567. The summed E-state index contributed by atoms with van der Waals surface area (Å²) >= 11 is 0. The van der Waals surface area contributed by atoms with Crippen molar-refractivity contribution in [1.82, 2.24) is 19.9 Å². The Bertz CT molecular complexity index is 748. The van der Waals surface area contributed by atoms with Gasteiger partial charge in [-0.15, -0.1) is 0 Å². The van der Waals surface area contributed by atoms with Gasteiger partial charge in [0.15, 0.2) is 15.7 Å². The summed E-state index contributed by atoms with van der Waals surface area (Å²) in [5.41, 5.74) is 0. The molecule has 1 aromatic rings. The van der Waals surface area contributed by atoms with Crippen molar-refractivity contribution < 1.29 is 22.5 Å². The standard InChI is InChI=1S/C16H26N4O5S/c1-11(2)16(21)20-6-5-19(12-9-26(22,23)10-13(12)20)8-15-17-14(18-25-15)4-7-24-3/h11-13H,4-10H2,1-3H3/t12-,13+/m1/s1. The van der Waals surface area contributed by atoms with E-state index >= 15 is 0 Å². The van der Waals surface area contributed by atoms with Crippen LogP contribution in [0.25, 0.3) is 0 Å². The van der Waals surface area contributed by atoms with Crippen LogP contribution < -0.4 is 0 Å². The van der Waals surface area contributed by atoms with Gasteiger partial charge in [0, 0.05) is 38.6 Å². The van der Waals surface area contributed by atoms with Crippen LogP contribution in [0.3, 0.4) is 0 Å². The van der Waals surface area contributed by atoms with Gasteiger partial charge in [-0.05, 0) is 0 Å². The van der Waals surface area contributed by atoms with Gasteiger partial charge in [-0.25, -0.2) is 8.42 Å². The fourth-order valence-electron chi connectivity index (χ4n) is 3.65. The Labute approximate surface area is 153 Å². The second-order valence-corrected chi connectivity index (χ2v) is 9.37. The molecule has 26 heavy (non-hydrogen) atoms. The van der Waals surface area contributed by atoms with E-state index in [2.05, 4.69) is 10.1 Å². The van der Waals surface area contributed by atoms with Crippen LogP contribution in [0.1, 0.15) is 25.6 Å². The van der Waals surface area contributed by atoms with Gasteiger partial charge in [0.05, 0.1) is 30.7 Å². The van der Waals surface area contributed by atoms with Gasteiger partial charge in [0.1, 0.15) is 0 Å². The van der Waals surface area contributed by atoms with Crippen molar-refractivity contribution in [2.45, 2.75) is 38.9 Å². The number of rotatable bonds is 6. The van der Waals surface area contributed by atoms with Gasteiger partial charge in [-0.1, -0.05) is 19.0 Å². The van der Waals surface area contributed by atoms with Crippen molar-refractivity contribution in [3.63, 3.8) is 0 Å². The molecule has 0 saturated carbocycles. The van der Waals surface area contributed by atoms with E-state index in [4.69, 9.17) is 9.26 Å². The predicted octanol–water partition coefficient (Wildman–Crippen LogP) is -0.276. The molecular formula is C16H26N4O5S. The molecule has 0 spiro atoms. The summed E-state index contributed by atoms with van der Waals surface area (Å²) in [6.45, 7) is 5.68. The summed E-state index contributed by atoms with van der Waals surface area (Å²) in [5.74, 6) is 0.981. The highest BCUT2D eigenvalue weighted by atomic mass is 32.2. The van der Waals surface area contributed by atoms with Crippen molar-refractivity contribution >= 4 is 15.7 Å². The summed E-state index contributed by atoms with van der Waals surface area (Å²) < 4.78 is 34.7. The third-order valence-electron chi connectivity index (χ3n) is 4.95. The van der Waals surface area contributed by atoms with Gasteiger partial charge in [0.2, 0.25) is 11.8 Å². The Morgan fingerprint density at radius 2 is 2.04 bits per heavy atom. The number of amides is 1. The Kier molecular flexibility index (Phi) is 5.64. The number of carbonyl (C=O) groups excluding carboxylic acids is 1. The first-order chi connectivity index (χ1) is 12.3. The molecular weight excluding hydrogens is 360 g/mol. The first kappa shape index (κ1) is 19.2.